The summed E-state index contributed by atoms with van der Waals surface area (Å²) in [5.74, 6) is 0.496. The summed E-state index contributed by atoms with van der Waals surface area (Å²) >= 11 is 0. The highest BCUT2D eigenvalue weighted by Gasteiger charge is 2.02. The smallest absolute Gasteiger partial charge is 0.315 e. The molecular weight excluding hydrogens is 283 g/mol. The summed E-state index contributed by atoms with van der Waals surface area (Å²) < 4.78 is 18.8. The Hall–Kier alpha value is -2.56. The number of carbonyl (C=O) groups excluding carboxylic acids is 1. The molecule has 0 aliphatic carbocycles. The summed E-state index contributed by atoms with van der Waals surface area (Å²) in [6.07, 6.45) is 0. The summed E-state index contributed by atoms with van der Waals surface area (Å²) in [6.45, 7) is 2.76. The monoisotopic (exact) mass is 302 g/mol. The van der Waals surface area contributed by atoms with Crippen molar-refractivity contribution in [3.8, 4) is 5.75 Å². The zero-order valence-corrected chi connectivity index (χ0v) is 12.4. The maximum atomic E-state index is 13.4. The van der Waals surface area contributed by atoms with E-state index in [2.05, 4.69) is 10.6 Å². The van der Waals surface area contributed by atoms with Crippen molar-refractivity contribution in [3.63, 3.8) is 0 Å². The number of hydrogen-bond acceptors (Lipinski definition) is 2. The van der Waals surface area contributed by atoms with Gasteiger partial charge in [0.15, 0.2) is 0 Å². The molecule has 0 aliphatic rings. The number of amides is 2. The van der Waals surface area contributed by atoms with Crippen molar-refractivity contribution in [1.29, 1.82) is 0 Å². The first-order chi connectivity index (χ1) is 10.6. The number of rotatable bonds is 6. The zero-order valence-electron chi connectivity index (χ0n) is 12.4. The minimum Gasteiger partial charge on any atom is -0.492 e. The van der Waals surface area contributed by atoms with Gasteiger partial charge in [0, 0.05) is 6.54 Å². The molecule has 0 saturated heterocycles. The van der Waals surface area contributed by atoms with Crippen molar-refractivity contribution in [2.24, 2.45) is 0 Å². The van der Waals surface area contributed by atoms with Gasteiger partial charge in [-0.25, -0.2) is 9.18 Å². The van der Waals surface area contributed by atoms with E-state index < -0.39 is 0 Å². The summed E-state index contributed by atoms with van der Waals surface area (Å²) in [5, 5.41) is 5.35. The van der Waals surface area contributed by atoms with Crippen LogP contribution in [0, 0.1) is 12.7 Å². The Kier molecular flexibility index (Phi) is 5.77. The number of carbonyl (C=O) groups is 1. The van der Waals surface area contributed by atoms with Crippen LogP contribution in [0.2, 0.25) is 0 Å². The summed E-state index contributed by atoms with van der Waals surface area (Å²) in [5.41, 5.74) is 1.31. The average molecular weight is 302 g/mol. The van der Waals surface area contributed by atoms with Gasteiger partial charge >= 0.3 is 6.03 Å². The van der Waals surface area contributed by atoms with Crippen molar-refractivity contribution in [2.45, 2.75) is 13.5 Å². The van der Waals surface area contributed by atoms with E-state index in [1.54, 1.807) is 19.1 Å². The van der Waals surface area contributed by atoms with Crippen LogP contribution in [0.5, 0.6) is 5.75 Å². The molecule has 2 amide bonds. The SMILES string of the molecule is Cc1ccc(CNC(=O)NCCOc2ccccc2)cc1F. The topological polar surface area (TPSA) is 50.4 Å². The van der Waals surface area contributed by atoms with Gasteiger partial charge in [0.25, 0.3) is 0 Å². The van der Waals surface area contributed by atoms with E-state index in [1.165, 1.54) is 6.07 Å². The number of hydrogen-bond donors (Lipinski definition) is 2. The first-order valence-corrected chi connectivity index (χ1v) is 7.10. The lowest BCUT2D eigenvalue weighted by molar-refractivity contribution is 0.236. The van der Waals surface area contributed by atoms with E-state index in [9.17, 15) is 9.18 Å². The quantitative estimate of drug-likeness (QED) is 0.806. The van der Waals surface area contributed by atoms with Crippen molar-refractivity contribution in [1.82, 2.24) is 10.6 Å². The van der Waals surface area contributed by atoms with Crippen molar-refractivity contribution in [3.05, 3.63) is 65.5 Å². The average Bonchev–Trinajstić information content (AvgIpc) is 2.54. The van der Waals surface area contributed by atoms with Gasteiger partial charge in [-0.3, -0.25) is 0 Å². The Labute approximate surface area is 129 Å². The van der Waals surface area contributed by atoms with Crippen LogP contribution in [0.4, 0.5) is 9.18 Å². The van der Waals surface area contributed by atoms with Crippen LogP contribution in [0.1, 0.15) is 11.1 Å². The van der Waals surface area contributed by atoms with Gasteiger partial charge in [-0.15, -0.1) is 0 Å². The number of benzene rings is 2. The Balaban J connectivity index is 1.64. The van der Waals surface area contributed by atoms with Crippen LogP contribution in [0.15, 0.2) is 48.5 Å². The van der Waals surface area contributed by atoms with E-state index in [4.69, 9.17) is 4.74 Å². The second-order valence-corrected chi connectivity index (χ2v) is 4.85. The maximum Gasteiger partial charge on any atom is 0.315 e. The summed E-state index contributed by atoms with van der Waals surface area (Å²) in [6, 6.07) is 14.0. The predicted octanol–water partition coefficient (Wildman–Crippen LogP) is 3.01. The molecule has 22 heavy (non-hydrogen) atoms. The fraction of sp³-hybridized carbons (Fsp3) is 0.235. The van der Waals surface area contributed by atoms with Crippen molar-refractivity contribution in [2.75, 3.05) is 13.2 Å². The number of aryl methyl sites for hydroxylation is 1. The lowest BCUT2D eigenvalue weighted by atomic mass is 10.1. The Bertz CT molecular complexity index is 617. The molecule has 2 aromatic rings. The van der Waals surface area contributed by atoms with Gasteiger partial charge in [0.1, 0.15) is 18.2 Å². The molecule has 0 fully saturated rings. The molecule has 4 nitrogen and oxygen atoms in total. The highest BCUT2D eigenvalue weighted by Crippen LogP contribution is 2.09. The standard InChI is InChI=1S/C17H19FN2O2/c1-13-7-8-14(11-16(13)18)12-20-17(21)19-9-10-22-15-5-3-2-4-6-15/h2-8,11H,9-10,12H2,1H3,(H2,19,20,21). The van der Waals surface area contributed by atoms with Crippen LogP contribution in [-0.4, -0.2) is 19.2 Å². The number of urea groups is 1. The number of para-hydroxylation sites is 1. The van der Waals surface area contributed by atoms with E-state index in [0.717, 1.165) is 11.3 Å². The molecule has 0 unspecified atom stereocenters. The second kappa shape index (κ2) is 8.02. The molecular formula is C17H19FN2O2. The first-order valence-electron chi connectivity index (χ1n) is 7.10. The molecule has 0 aromatic heterocycles. The largest absolute Gasteiger partial charge is 0.492 e. The minimum atomic E-state index is -0.308. The Morgan fingerprint density at radius 3 is 2.64 bits per heavy atom. The fourth-order valence-corrected chi connectivity index (χ4v) is 1.84. The second-order valence-electron chi connectivity index (χ2n) is 4.85. The van der Waals surface area contributed by atoms with Crippen LogP contribution < -0.4 is 15.4 Å². The normalized spacial score (nSPS) is 10.1. The molecule has 2 rings (SSSR count). The number of ether oxygens (including phenoxy) is 1. The molecule has 2 N–H and O–H groups in total. The Morgan fingerprint density at radius 1 is 1.14 bits per heavy atom. The van der Waals surface area contributed by atoms with Crippen molar-refractivity contribution < 1.29 is 13.9 Å². The van der Waals surface area contributed by atoms with Crippen molar-refractivity contribution >= 4 is 6.03 Å². The molecule has 2 aromatic carbocycles. The number of halogens is 1. The molecule has 0 bridgehead atoms. The highest BCUT2D eigenvalue weighted by atomic mass is 19.1. The Morgan fingerprint density at radius 2 is 1.91 bits per heavy atom. The zero-order chi connectivity index (χ0) is 15.8. The van der Waals surface area contributed by atoms with Gasteiger partial charge in [-0.2, -0.15) is 0 Å². The van der Waals surface area contributed by atoms with Gasteiger partial charge in [0.2, 0.25) is 0 Å². The van der Waals surface area contributed by atoms with E-state index in [0.29, 0.717) is 18.7 Å². The van der Waals surface area contributed by atoms with E-state index in [1.807, 2.05) is 30.3 Å². The minimum absolute atomic E-state index is 0.268. The third-order valence-corrected chi connectivity index (χ3v) is 3.09. The summed E-state index contributed by atoms with van der Waals surface area (Å²) in [7, 11) is 0. The number of nitrogens with one attached hydrogen (secondary N) is 2. The molecule has 0 radical (unpaired) electrons. The van der Waals surface area contributed by atoms with Crippen LogP contribution in [0.3, 0.4) is 0 Å². The van der Waals surface area contributed by atoms with E-state index in [-0.39, 0.29) is 18.4 Å². The van der Waals surface area contributed by atoms with Crippen LogP contribution >= 0.6 is 0 Å². The predicted molar refractivity (Wildman–Crippen MR) is 83.3 cm³/mol. The fourth-order valence-electron chi connectivity index (χ4n) is 1.84. The maximum absolute atomic E-state index is 13.4. The van der Waals surface area contributed by atoms with Gasteiger partial charge in [-0.1, -0.05) is 30.3 Å². The molecule has 5 heteroatoms. The molecule has 0 spiro atoms. The lowest BCUT2D eigenvalue weighted by Gasteiger charge is -2.09. The third-order valence-electron chi connectivity index (χ3n) is 3.09. The van der Waals surface area contributed by atoms with E-state index >= 15 is 0 Å². The molecule has 0 aliphatic heterocycles. The third kappa shape index (κ3) is 5.09. The van der Waals surface area contributed by atoms with Gasteiger partial charge in [-0.05, 0) is 36.2 Å². The van der Waals surface area contributed by atoms with Crippen LogP contribution in [-0.2, 0) is 6.54 Å². The summed E-state index contributed by atoms with van der Waals surface area (Å²) in [4.78, 5) is 11.6. The first kappa shape index (κ1) is 15.8. The molecule has 0 heterocycles. The molecule has 0 saturated carbocycles. The van der Waals surface area contributed by atoms with Gasteiger partial charge in [0.05, 0.1) is 6.54 Å². The van der Waals surface area contributed by atoms with Crippen LogP contribution in [0.25, 0.3) is 0 Å². The lowest BCUT2D eigenvalue weighted by Crippen LogP contribution is -2.37. The molecule has 0 atom stereocenters. The van der Waals surface area contributed by atoms with Gasteiger partial charge < -0.3 is 15.4 Å². The highest BCUT2D eigenvalue weighted by molar-refractivity contribution is 5.73. The molecule has 116 valence electrons.